The molecule has 3 fully saturated rings. The van der Waals surface area contributed by atoms with Crippen LogP contribution in [0.1, 0.15) is 91.6 Å². The van der Waals surface area contributed by atoms with Crippen molar-refractivity contribution in [2.75, 3.05) is 13.1 Å². The second-order valence-corrected chi connectivity index (χ2v) is 16.2. The average molecular weight is 697 g/mol. The van der Waals surface area contributed by atoms with Crippen LogP contribution in [-0.4, -0.2) is 51.1 Å². The Bertz CT molecular complexity index is 2050. The highest BCUT2D eigenvalue weighted by Gasteiger charge is 2.50. The van der Waals surface area contributed by atoms with E-state index in [9.17, 15) is 9.90 Å². The number of fused-ring (bicyclic) bond motifs is 3. The molecule has 2 unspecified atom stereocenters. The fourth-order valence-electron chi connectivity index (χ4n) is 9.12. The van der Waals surface area contributed by atoms with E-state index in [1.807, 2.05) is 48.5 Å². The second kappa shape index (κ2) is 14.2. The SMILES string of the molecule is CC1(C)CC2CC(C)(CN2C[C@@H]2C[C@H](c3ccc(CO)cc3)O[C@H](c3ccc(-c4cccc(CNC(=O)c5cnc6ccccc6n5)c4)cc3)O2)C1. The number of amides is 1. The molecule has 8 rings (SSSR count). The molecule has 268 valence electrons. The van der Waals surface area contributed by atoms with Crippen LogP contribution in [0.5, 0.6) is 0 Å². The topological polar surface area (TPSA) is 96.8 Å². The van der Waals surface area contributed by atoms with E-state index in [2.05, 4.69) is 89.5 Å². The van der Waals surface area contributed by atoms with Crippen LogP contribution in [0, 0.1) is 10.8 Å². The van der Waals surface area contributed by atoms with Gasteiger partial charge in [0.2, 0.25) is 0 Å². The van der Waals surface area contributed by atoms with Gasteiger partial charge in [0.25, 0.3) is 5.91 Å². The van der Waals surface area contributed by atoms with Gasteiger partial charge in [-0.05, 0) is 76.1 Å². The first-order chi connectivity index (χ1) is 25.1. The first-order valence-corrected chi connectivity index (χ1v) is 18.6. The normalized spacial score (nSPS) is 25.6. The fraction of sp³-hybridized carbons (Fsp3) is 0.386. The van der Waals surface area contributed by atoms with Crippen molar-refractivity contribution >= 4 is 16.9 Å². The summed E-state index contributed by atoms with van der Waals surface area (Å²) in [4.78, 5) is 24.4. The van der Waals surface area contributed by atoms with E-state index >= 15 is 0 Å². The number of aliphatic hydroxyl groups is 1. The van der Waals surface area contributed by atoms with Crippen molar-refractivity contribution in [1.82, 2.24) is 20.2 Å². The van der Waals surface area contributed by atoms with E-state index in [4.69, 9.17) is 9.47 Å². The predicted molar refractivity (Wildman–Crippen MR) is 202 cm³/mol. The number of ether oxygens (including phenoxy) is 2. The van der Waals surface area contributed by atoms with Crippen LogP contribution >= 0.6 is 0 Å². The smallest absolute Gasteiger partial charge is 0.271 e. The van der Waals surface area contributed by atoms with Crippen LogP contribution in [-0.2, 0) is 22.6 Å². The lowest BCUT2D eigenvalue weighted by Crippen LogP contribution is -2.42. The van der Waals surface area contributed by atoms with Crippen LogP contribution in [0.15, 0.2) is 103 Å². The van der Waals surface area contributed by atoms with Crippen molar-refractivity contribution in [3.8, 4) is 11.1 Å². The average Bonchev–Trinajstić information content (AvgIpc) is 3.40. The van der Waals surface area contributed by atoms with Crippen molar-refractivity contribution in [2.45, 2.75) is 84.1 Å². The summed E-state index contributed by atoms with van der Waals surface area (Å²) < 4.78 is 13.5. The number of carbonyl (C=O) groups excluding carboxylic acids is 1. The summed E-state index contributed by atoms with van der Waals surface area (Å²) in [6.45, 7) is 9.74. The molecule has 3 aliphatic rings. The number of aromatic nitrogens is 2. The lowest BCUT2D eigenvalue weighted by Gasteiger charge is -2.41. The van der Waals surface area contributed by atoms with Gasteiger partial charge in [0.1, 0.15) is 5.69 Å². The molecular formula is C44H48N4O4. The fourth-order valence-corrected chi connectivity index (χ4v) is 9.12. The third-order valence-electron chi connectivity index (χ3n) is 11.2. The maximum atomic E-state index is 12.9. The largest absolute Gasteiger partial charge is 0.392 e. The Morgan fingerprint density at radius 1 is 0.865 bits per heavy atom. The van der Waals surface area contributed by atoms with Crippen molar-refractivity contribution in [1.29, 1.82) is 0 Å². The van der Waals surface area contributed by atoms with Gasteiger partial charge in [-0.3, -0.25) is 14.7 Å². The molecule has 52 heavy (non-hydrogen) atoms. The van der Waals surface area contributed by atoms with Gasteiger partial charge < -0.3 is 19.9 Å². The standard InChI is InChI=1S/C44H48N4O4/c1-43(2)21-35-22-44(3,27-43)28-48(35)25-36-20-40(32-13-11-29(26-49)12-14-32)52-42(51-36)33-17-15-31(16-18-33)34-8-6-7-30(19-34)23-46-41(50)39-24-45-37-9-4-5-10-38(37)47-39/h4-19,24,35-36,40,42,49H,20-23,25-28H2,1-3H3,(H,46,50)/t35?,36-,40+,42+,44?/m0/s1. The Kier molecular flexibility index (Phi) is 9.42. The summed E-state index contributed by atoms with van der Waals surface area (Å²) >= 11 is 0. The minimum Gasteiger partial charge on any atom is -0.392 e. The van der Waals surface area contributed by atoms with Gasteiger partial charge >= 0.3 is 0 Å². The third-order valence-corrected chi connectivity index (χ3v) is 11.2. The van der Waals surface area contributed by atoms with Gasteiger partial charge in [0.05, 0.1) is 36.0 Å². The molecular weight excluding hydrogens is 649 g/mol. The highest BCUT2D eigenvalue weighted by molar-refractivity contribution is 5.93. The van der Waals surface area contributed by atoms with Crippen LogP contribution in [0.25, 0.3) is 22.2 Å². The first-order valence-electron chi connectivity index (χ1n) is 18.6. The number of hydrogen-bond acceptors (Lipinski definition) is 7. The minimum atomic E-state index is -0.496. The quantitative estimate of drug-likeness (QED) is 0.161. The van der Waals surface area contributed by atoms with Gasteiger partial charge in [-0.1, -0.05) is 99.6 Å². The molecule has 8 nitrogen and oxygen atoms in total. The summed E-state index contributed by atoms with van der Waals surface area (Å²) in [6.07, 6.45) is 5.49. The van der Waals surface area contributed by atoms with Gasteiger partial charge in [0.15, 0.2) is 6.29 Å². The van der Waals surface area contributed by atoms with Gasteiger partial charge in [-0.2, -0.15) is 0 Å². The summed E-state index contributed by atoms with van der Waals surface area (Å²) in [6, 6.07) is 32.9. The summed E-state index contributed by atoms with van der Waals surface area (Å²) in [7, 11) is 0. The van der Waals surface area contributed by atoms with E-state index in [1.54, 1.807) is 0 Å². The number of carbonyl (C=O) groups is 1. The zero-order valence-electron chi connectivity index (χ0n) is 30.3. The van der Waals surface area contributed by atoms with Gasteiger partial charge in [0, 0.05) is 37.7 Å². The number of hydrogen-bond donors (Lipinski definition) is 2. The molecule has 0 spiro atoms. The van der Waals surface area contributed by atoms with E-state index in [1.165, 1.54) is 25.5 Å². The lowest BCUT2D eigenvalue weighted by atomic mass is 9.65. The molecule has 2 bridgehead atoms. The van der Waals surface area contributed by atoms with E-state index in [-0.39, 0.29) is 24.7 Å². The number of likely N-dealkylation sites (tertiary alicyclic amines) is 1. The molecule has 3 heterocycles. The number of aliphatic hydroxyl groups excluding tert-OH is 1. The maximum absolute atomic E-state index is 12.9. The lowest BCUT2D eigenvalue weighted by molar-refractivity contribution is -0.253. The van der Waals surface area contributed by atoms with Crippen molar-refractivity contribution in [3.63, 3.8) is 0 Å². The number of nitrogens with zero attached hydrogens (tertiary/aromatic N) is 3. The van der Waals surface area contributed by atoms with E-state index in [0.717, 1.165) is 58.4 Å². The number of benzene rings is 4. The first kappa shape index (κ1) is 34.6. The zero-order chi connectivity index (χ0) is 35.9. The number of rotatable bonds is 9. The van der Waals surface area contributed by atoms with Crippen molar-refractivity contribution < 1.29 is 19.4 Å². The monoisotopic (exact) mass is 696 g/mol. The van der Waals surface area contributed by atoms with Crippen LogP contribution in [0.3, 0.4) is 0 Å². The maximum Gasteiger partial charge on any atom is 0.271 e. The Labute approximate surface area is 306 Å². The molecule has 0 radical (unpaired) electrons. The minimum absolute atomic E-state index is 0.0238. The van der Waals surface area contributed by atoms with Crippen molar-refractivity contribution in [2.24, 2.45) is 10.8 Å². The predicted octanol–water partition coefficient (Wildman–Crippen LogP) is 8.17. The molecule has 2 aliphatic heterocycles. The summed E-state index contributed by atoms with van der Waals surface area (Å²) in [5.74, 6) is -0.257. The van der Waals surface area contributed by atoms with Crippen LogP contribution in [0.2, 0.25) is 0 Å². The molecule has 1 amide bonds. The van der Waals surface area contributed by atoms with E-state index < -0.39 is 6.29 Å². The van der Waals surface area contributed by atoms with Crippen LogP contribution < -0.4 is 5.32 Å². The molecule has 5 atom stereocenters. The molecule has 4 aromatic carbocycles. The Morgan fingerprint density at radius 3 is 2.42 bits per heavy atom. The summed E-state index contributed by atoms with van der Waals surface area (Å²) in [5.41, 5.74) is 8.59. The molecule has 2 N–H and O–H groups in total. The Hall–Kier alpha value is -4.47. The Morgan fingerprint density at radius 2 is 1.63 bits per heavy atom. The van der Waals surface area contributed by atoms with Gasteiger partial charge in [-0.25, -0.2) is 4.98 Å². The molecule has 2 saturated heterocycles. The molecule has 5 aromatic rings. The molecule has 1 aliphatic carbocycles. The Balaban J connectivity index is 0.966. The van der Waals surface area contributed by atoms with E-state index in [0.29, 0.717) is 34.6 Å². The van der Waals surface area contributed by atoms with Gasteiger partial charge in [-0.15, -0.1) is 0 Å². The molecule has 8 heteroatoms. The second-order valence-electron chi connectivity index (χ2n) is 16.2. The molecule has 1 aromatic heterocycles. The third kappa shape index (κ3) is 7.53. The number of para-hydroxylation sites is 2. The highest BCUT2D eigenvalue weighted by atomic mass is 16.7. The summed E-state index contributed by atoms with van der Waals surface area (Å²) in [5, 5.41) is 12.6. The highest BCUT2D eigenvalue weighted by Crippen LogP contribution is 2.53. The molecule has 1 saturated carbocycles. The van der Waals surface area contributed by atoms with Crippen LogP contribution in [0.4, 0.5) is 0 Å². The zero-order valence-corrected chi connectivity index (χ0v) is 30.3. The van der Waals surface area contributed by atoms with Crippen molar-refractivity contribution in [3.05, 3.63) is 131 Å². The number of nitrogens with one attached hydrogen (secondary N) is 1.